The quantitative estimate of drug-likeness (QED) is 0.171. The van der Waals surface area contributed by atoms with Crippen LogP contribution in [0.5, 0.6) is 5.88 Å². The number of benzene rings is 2. The maximum absolute atomic E-state index is 13.5. The molecule has 0 bridgehead atoms. The molecule has 1 saturated heterocycles. The summed E-state index contributed by atoms with van der Waals surface area (Å²) in [5.41, 5.74) is 6.41. The molecule has 1 amide bonds. The number of carbonyl (C=O) groups is 1. The molecule has 256 valence electrons. The lowest BCUT2D eigenvalue weighted by molar-refractivity contribution is -0.119. The largest absolute Gasteiger partial charge is 0.481 e. The molecule has 2 aliphatic rings. The predicted molar refractivity (Wildman–Crippen MR) is 195 cm³/mol. The summed E-state index contributed by atoms with van der Waals surface area (Å²) in [6.45, 7) is 3.52. The normalized spacial score (nSPS) is 17.4. The van der Waals surface area contributed by atoms with Crippen molar-refractivity contribution in [3.8, 4) is 39.4 Å². The molecule has 5 aromatic rings. The number of fused-ring (bicyclic) bond motifs is 1. The van der Waals surface area contributed by atoms with E-state index < -0.39 is 6.10 Å². The summed E-state index contributed by atoms with van der Waals surface area (Å²) in [6.07, 6.45) is 2.48. The van der Waals surface area contributed by atoms with Gasteiger partial charge in [0, 0.05) is 66.1 Å². The number of hydrogen-bond donors (Lipinski definition) is 4. The number of aliphatic hydroxyl groups is 1. The first-order valence-electron chi connectivity index (χ1n) is 16.3. The number of hydrogen-bond acceptors (Lipinski definition) is 9. The summed E-state index contributed by atoms with van der Waals surface area (Å²) in [6, 6.07) is 19.2. The average Bonchev–Trinajstić information content (AvgIpc) is 3.54. The van der Waals surface area contributed by atoms with E-state index >= 15 is 0 Å². The van der Waals surface area contributed by atoms with Crippen LogP contribution in [0.4, 0.5) is 0 Å². The molecule has 1 fully saturated rings. The third-order valence-electron chi connectivity index (χ3n) is 9.01. The molecular weight excluding hydrogens is 677 g/mol. The lowest BCUT2D eigenvalue weighted by Crippen LogP contribution is -2.42. The smallest absolute Gasteiger partial charge is 0.269 e. The van der Waals surface area contributed by atoms with Crippen molar-refractivity contribution < 1.29 is 14.6 Å². The lowest BCUT2D eigenvalue weighted by atomic mass is 9.97. The zero-order valence-electron chi connectivity index (χ0n) is 27.5. The number of halogens is 2. The van der Waals surface area contributed by atoms with Crippen LogP contribution in [0.25, 0.3) is 39.2 Å². The Morgan fingerprint density at radius 2 is 1.74 bits per heavy atom. The van der Waals surface area contributed by atoms with E-state index in [1.54, 1.807) is 20.2 Å². The molecule has 50 heavy (non-hydrogen) atoms. The van der Waals surface area contributed by atoms with E-state index in [1.165, 1.54) is 4.40 Å². The molecule has 4 N–H and O–H groups in total. The summed E-state index contributed by atoms with van der Waals surface area (Å²) in [5, 5.41) is 20.2. The molecule has 0 aliphatic carbocycles. The highest BCUT2D eigenvalue weighted by Crippen LogP contribution is 2.42. The first kappa shape index (κ1) is 33.7. The Kier molecular flexibility index (Phi) is 9.56. The zero-order chi connectivity index (χ0) is 34.9. The van der Waals surface area contributed by atoms with Gasteiger partial charge < -0.3 is 25.8 Å². The number of amides is 1. The van der Waals surface area contributed by atoms with Crippen molar-refractivity contribution in [2.24, 2.45) is 4.99 Å². The van der Waals surface area contributed by atoms with Gasteiger partial charge in [-0.25, -0.2) is 9.97 Å². The first-order chi connectivity index (χ1) is 24.2. The number of amidine groups is 1. The van der Waals surface area contributed by atoms with Crippen LogP contribution >= 0.6 is 23.2 Å². The average molecular weight is 713 g/mol. The Morgan fingerprint density at radius 3 is 2.44 bits per heavy atom. The topological polar surface area (TPSA) is 142 Å². The van der Waals surface area contributed by atoms with Gasteiger partial charge in [-0.05, 0) is 37.1 Å². The van der Waals surface area contributed by atoms with Gasteiger partial charge in [-0.3, -0.25) is 19.0 Å². The molecule has 3 aromatic heterocycles. The number of pyridine rings is 2. The standard InChI is InChI=1S/C37H35Cl2N7O4/c1-20-32(35-41-18-24(47)19-42-35)37(49)46-14-13-21(15-30(46)43-20)25-5-3-6-26(33(25)38)27-7-4-8-28(34(27)39)29-11-9-22(36(45-29)50-2)16-40-17-23-10-12-31(48)44-23/h3-9,11,13-15,23-24,40,47H,10,12,16-19H2,1-2H3,(H,41,42)(H,44,48). The minimum absolute atomic E-state index is 0.0907. The summed E-state index contributed by atoms with van der Waals surface area (Å²) < 4.78 is 7.13. The zero-order valence-corrected chi connectivity index (χ0v) is 29.0. The van der Waals surface area contributed by atoms with Gasteiger partial charge in [0.15, 0.2) is 0 Å². The highest BCUT2D eigenvalue weighted by Gasteiger charge is 2.22. The van der Waals surface area contributed by atoms with Crippen LogP contribution in [-0.2, 0) is 11.3 Å². The number of nitrogens with one attached hydrogen (secondary N) is 3. The molecular formula is C37H35Cl2N7O4. The number of methoxy groups -OCH3 is 1. The summed E-state index contributed by atoms with van der Waals surface area (Å²) in [7, 11) is 1.59. The van der Waals surface area contributed by atoms with Crippen molar-refractivity contribution in [3.05, 3.63) is 104 Å². The molecule has 2 atom stereocenters. The second-order valence-corrected chi connectivity index (χ2v) is 13.1. The van der Waals surface area contributed by atoms with Crippen LogP contribution in [0.15, 0.2) is 76.6 Å². The Balaban J connectivity index is 1.17. The van der Waals surface area contributed by atoms with Crippen LogP contribution in [0, 0.1) is 6.92 Å². The number of ether oxygens (including phenoxy) is 1. The second-order valence-electron chi connectivity index (χ2n) is 12.4. The van der Waals surface area contributed by atoms with Crippen molar-refractivity contribution in [1.29, 1.82) is 0 Å². The molecule has 5 heterocycles. The molecule has 2 aliphatic heterocycles. The van der Waals surface area contributed by atoms with Crippen molar-refractivity contribution in [2.45, 2.75) is 38.5 Å². The minimum atomic E-state index is -0.588. The Morgan fingerprint density at radius 1 is 1.00 bits per heavy atom. The third kappa shape index (κ3) is 6.57. The fourth-order valence-electron chi connectivity index (χ4n) is 6.43. The van der Waals surface area contributed by atoms with E-state index in [0.29, 0.717) is 70.4 Å². The van der Waals surface area contributed by atoms with Crippen molar-refractivity contribution in [1.82, 2.24) is 30.3 Å². The molecule has 0 spiro atoms. The van der Waals surface area contributed by atoms with Crippen LogP contribution in [0.3, 0.4) is 0 Å². The fraction of sp³-hybridized carbons (Fsp3) is 0.270. The number of β-amino-alcohol motifs (C(OH)–C–C–N with tert-alkyl or cyclic N) is 1. The number of nitrogens with zero attached hydrogens (tertiary/aromatic N) is 4. The molecule has 11 nitrogen and oxygen atoms in total. The molecule has 13 heteroatoms. The summed E-state index contributed by atoms with van der Waals surface area (Å²) in [5.74, 6) is 1.01. The van der Waals surface area contributed by atoms with Crippen LogP contribution in [0.1, 0.15) is 29.7 Å². The van der Waals surface area contributed by atoms with Gasteiger partial charge >= 0.3 is 0 Å². The molecule has 2 aromatic carbocycles. The van der Waals surface area contributed by atoms with Gasteiger partial charge in [0.05, 0.1) is 41.2 Å². The highest BCUT2D eigenvalue weighted by atomic mass is 35.5. The van der Waals surface area contributed by atoms with Crippen molar-refractivity contribution >= 4 is 40.6 Å². The van der Waals surface area contributed by atoms with Crippen molar-refractivity contribution in [3.63, 3.8) is 0 Å². The Labute approximate surface area is 298 Å². The first-order valence-corrected chi connectivity index (χ1v) is 17.1. The predicted octanol–water partition coefficient (Wildman–Crippen LogP) is 4.79. The van der Waals surface area contributed by atoms with Crippen LogP contribution in [0.2, 0.25) is 10.0 Å². The van der Waals surface area contributed by atoms with Crippen LogP contribution in [-0.4, -0.2) is 70.1 Å². The summed E-state index contributed by atoms with van der Waals surface area (Å²) >= 11 is 14.2. The van der Waals surface area contributed by atoms with Gasteiger partial charge in [0.1, 0.15) is 17.0 Å². The van der Waals surface area contributed by atoms with Gasteiger partial charge in [0.25, 0.3) is 5.56 Å². The Bertz CT molecular complexity index is 2220. The van der Waals surface area contributed by atoms with Gasteiger partial charge in [-0.1, -0.05) is 65.7 Å². The Hall–Kier alpha value is -4.81. The maximum atomic E-state index is 13.5. The monoisotopic (exact) mass is 711 g/mol. The van der Waals surface area contributed by atoms with E-state index in [9.17, 15) is 14.7 Å². The fourth-order valence-corrected chi connectivity index (χ4v) is 7.09. The minimum Gasteiger partial charge on any atom is -0.481 e. The molecule has 0 saturated carbocycles. The second kappa shape index (κ2) is 14.2. The van der Waals surface area contributed by atoms with Gasteiger partial charge in [0.2, 0.25) is 11.8 Å². The number of aliphatic hydroxyl groups excluding tert-OH is 1. The van der Waals surface area contributed by atoms with Crippen LogP contribution < -0.4 is 26.2 Å². The number of carbonyl (C=O) groups excluding carboxylic acids is 1. The maximum Gasteiger partial charge on any atom is 0.269 e. The van der Waals surface area contributed by atoms with E-state index in [0.717, 1.165) is 39.8 Å². The highest BCUT2D eigenvalue weighted by molar-refractivity contribution is 6.39. The number of rotatable bonds is 9. The number of aryl methyl sites for hydroxylation is 1. The van der Waals surface area contributed by atoms with Crippen molar-refractivity contribution in [2.75, 3.05) is 26.7 Å². The van der Waals surface area contributed by atoms with Gasteiger partial charge in [-0.2, -0.15) is 0 Å². The van der Waals surface area contributed by atoms with Gasteiger partial charge in [-0.15, -0.1) is 0 Å². The number of aromatic nitrogens is 3. The lowest BCUT2D eigenvalue weighted by Gasteiger charge is -2.20. The van der Waals surface area contributed by atoms with E-state index in [1.807, 2.05) is 60.7 Å². The SMILES string of the molecule is COc1nc(-c2cccc(-c3cccc(-c4ccn5c(=O)c(C6=NCC(O)CN6)c(C)nc5c4)c3Cl)c2Cl)ccc1CNCC1CCC(=O)N1. The van der Waals surface area contributed by atoms with E-state index in [-0.39, 0.29) is 24.1 Å². The molecule has 2 unspecified atom stereocenters. The van der Waals surface area contributed by atoms with E-state index in [2.05, 4.69) is 20.9 Å². The summed E-state index contributed by atoms with van der Waals surface area (Å²) in [4.78, 5) is 38.9. The molecule has 0 radical (unpaired) electrons. The third-order valence-corrected chi connectivity index (χ3v) is 9.83. The number of aliphatic imine (C=N–C) groups is 1. The van der Waals surface area contributed by atoms with E-state index in [4.69, 9.17) is 37.9 Å². The molecule has 7 rings (SSSR count).